The summed E-state index contributed by atoms with van der Waals surface area (Å²) in [5, 5.41) is 16.9. The number of nitrogens with one attached hydrogen (secondary N) is 2. The fourth-order valence-corrected chi connectivity index (χ4v) is 5.75. The van der Waals surface area contributed by atoms with Crippen LogP contribution in [0.4, 0.5) is 9.59 Å². The van der Waals surface area contributed by atoms with Crippen LogP contribution in [0, 0.1) is 11.8 Å². The van der Waals surface area contributed by atoms with Crippen molar-refractivity contribution in [2.24, 2.45) is 17.6 Å². The summed E-state index contributed by atoms with van der Waals surface area (Å²) < 4.78 is 10.9. The van der Waals surface area contributed by atoms with Crippen LogP contribution in [-0.4, -0.2) is 74.2 Å². The van der Waals surface area contributed by atoms with Gasteiger partial charge in [0.2, 0.25) is 0 Å². The van der Waals surface area contributed by atoms with E-state index >= 15 is 0 Å². The van der Waals surface area contributed by atoms with Crippen LogP contribution in [0.15, 0.2) is 24.3 Å². The van der Waals surface area contributed by atoms with Gasteiger partial charge in [-0.1, -0.05) is 55.8 Å². The molecular formula is C27H43ClN4O5. The molecule has 208 valence electrons. The van der Waals surface area contributed by atoms with Crippen LogP contribution < -0.4 is 16.4 Å². The number of amides is 3. The van der Waals surface area contributed by atoms with Crippen molar-refractivity contribution in [2.75, 3.05) is 39.9 Å². The minimum absolute atomic E-state index is 0.0484. The van der Waals surface area contributed by atoms with Crippen molar-refractivity contribution in [2.45, 2.75) is 69.6 Å². The number of aliphatic hydroxyl groups excluding tert-OH is 1. The van der Waals surface area contributed by atoms with E-state index in [0.717, 1.165) is 37.7 Å². The van der Waals surface area contributed by atoms with Gasteiger partial charge in [-0.25, -0.2) is 9.59 Å². The van der Waals surface area contributed by atoms with Gasteiger partial charge in [0.05, 0.1) is 32.0 Å². The van der Waals surface area contributed by atoms with Gasteiger partial charge in [0, 0.05) is 37.1 Å². The van der Waals surface area contributed by atoms with Crippen LogP contribution in [0.25, 0.3) is 0 Å². The van der Waals surface area contributed by atoms with Crippen LogP contribution in [0.3, 0.4) is 0 Å². The number of aliphatic hydroxyl groups is 1. The first-order chi connectivity index (χ1) is 17.9. The Hall–Kier alpha value is -2.07. The van der Waals surface area contributed by atoms with Crippen LogP contribution in [0.1, 0.15) is 63.0 Å². The van der Waals surface area contributed by atoms with Gasteiger partial charge >= 0.3 is 12.1 Å². The molecule has 0 radical (unpaired) electrons. The molecule has 5 N–H and O–H groups in total. The van der Waals surface area contributed by atoms with Gasteiger partial charge in [-0.15, -0.1) is 0 Å². The molecule has 2 unspecified atom stereocenters. The van der Waals surface area contributed by atoms with E-state index in [-0.39, 0.29) is 30.6 Å². The summed E-state index contributed by atoms with van der Waals surface area (Å²) in [5.41, 5.74) is 6.72. The molecule has 2 fully saturated rings. The number of methoxy groups -OCH3 is 1. The number of urea groups is 1. The molecule has 1 aliphatic heterocycles. The zero-order valence-corrected chi connectivity index (χ0v) is 22.6. The molecule has 1 aromatic rings. The molecule has 37 heavy (non-hydrogen) atoms. The fraction of sp³-hybridized carbons (Fsp3) is 0.704. The molecule has 3 amide bonds. The molecule has 9 nitrogen and oxygen atoms in total. The Balaban J connectivity index is 1.65. The van der Waals surface area contributed by atoms with Crippen molar-refractivity contribution >= 4 is 23.7 Å². The number of piperidine rings is 1. The summed E-state index contributed by atoms with van der Waals surface area (Å²) in [4.78, 5) is 26.5. The third-order valence-electron chi connectivity index (χ3n) is 7.53. The van der Waals surface area contributed by atoms with E-state index in [2.05, 4.69) is 15.4 Å². The molecule has 0 spiro atoms. The highest BCUT2D eigenvalue weighted by molar-refractivity contribution is 6.30. The van der Waals surface area contributed by atoms with Crippen LogP contribution in [-0.2, 0) is 9.47 Å². The predicted octanol–water partition coefficient (Wildman–Crippen LogP) is 3.83. The minimum atomic E-state index is -0.767. The molecule has 1 saturated heterocycles. The van der Waals surface area contributed by atoms with Gasteiger partial charge in [-0.3, -0.25) is 0 Å². The second-order valence-corrected chi connectivity index (χ2v) is 10.6. The summed E-state index contributed by atoms with van der Waals surface area (Å²) in [5.74, 6) is 0.556. The summed E-state index contributed by atoms with van der Waals surface area (Å²) in [6.45, 7) is 1.87. The van der Waals surface area contributed by atoms with Gasteiger partial charge in [0.15, 0.2) is 0 Å². The summed E-state index contributed by atoms with van der Waals surface area (Å²) in [6.07, 6.45) is 6.87. The third-order valence-corrected chi connectivity index (χ3v) is 7.77. The second kappa shape index (κ2) is 15.4. The SMILES string of the molecule is COC(=O)NCCO[C@@H](c1cccc(Cl)c1)[C@@H]1CCCN(C(=O)NC(CC2CCCCC2)C(O)CN)C1. The minimum Gasteiger partial charge on any atom is -0.453 e. The average molecular weight is 539 g/mol. The number of alkyl carbamates (subject to hydrolysis) is 1. The normalized spacial score (nSPS) is 21.1. The lowest BCUT2D eigenvalue weighted by molar-refractivity contribution is -0.00902. The van der Waals surface area contributed by atoms with Crippen molar-refractivity contribution in [1.82, 2.24) is 15.5 Å². The maximum absolute atomic E-state index is 13.3. The molecule has 10 heteroatoms. The number of carbonyl (C=O) groups excluding carboxylic acids is 2. The van der Waals surface area contributed by atoms with Crippen LogP contribution in [0.5, 0.6) is 0 Å². The highest BCUT2D eigenvalue weighted by Crippen LogP contribution is 2.34. The highest BCUT2D eigenvalue weighted by Gasteiger charge is 2.33. The number of carbonyl (C=O) groups is 2. The topological polar surface area (TPSA) is 126 Å². The number of likely N-dealkylation sites (tertiary alicyclic amines) is 1. The molecule has 1 aromatic carbocycles. The van der Waals surface area contributed by atoms with E-state index < -0.39 is 12.2 Å². The first-order valence-electron chi connectivity index (χ1n) is 13.5. The van der Waals surface area contributed by atoms with Crippen molar-refractivity contribution in [3.63, 3.8) is 0 Å². The van der Waals surface area contributed by atoms with Crippen LogP contribution >= 0.6 is 11.6 Å². The van der Waals surface area contributed by atoms with Gasteiger partial charge in [-0.2, -0.15) is 0 Å². The van der Waals surface area contributed by atoms with E-state index in [0.29, 0.717) is 37.2 Å². The standard InChI is InChI=1S/C27H43ClN4O5/c1-36-27(35)30-12-14-37-25(20-9-5-11-22(28)16-20)21-10-6-13-32(18-21)26(34)31-23(24(33)17-29)15-19-7-3-2-4-8-19/h5,9,11,16,19,21,23-25,33H,2-4,6-8,10,12-15,17-18,29H2,1H3,(H,30,35)(H,31,34)/t21-,23?,24?,25+/m1/s1. The van der Waals surface area contributed by atoms with Crippen LogP contribution in [0.2, 0.25) is 5.02 Å². The number of rotatable bonds is 11. The Morgan fingerprint density at radius 1 is 1.22 bits per heavy atom. The number of hydrogen-bond donors (Lipinski definition) is 4. The number of ether oxygens (including phenoxy) is 2. The quantitative estimate of drug-likeness (QED) is 0.317. The Bertz CT molecular complexity index is 854. The number of nitrogens with two attached hydrogens (primary N) is 1. The van der Waals surface area contributed by atoms with E-state index in [9.17, 15) is 14.7 Å². The lowest BCUT2D eigenvalue weighted by Crippen LogP contribution is -2.54. The predicted molar refractivity (Wildman–Crippen MR) is 143 cm³/mol. The Morgan fingerprint density at radius 2 is 2.00 bits per heavy atom. The van der Waals surface area contributed by atoms with Crippen molar-refractivity contribution < 1.29 is 24.2 Å². The molecule has 0 bridgehead atoms. The van der Waals surface area contributed by atoms with Gasteiger partial charge in [0.1, 0.15) is 0 Å². The van der Waals surface area contributed by atoms with Crippen molar-refractivity contribution in [1.29, 1.82) is 0 Å². The Labute approximate surface area is 225 Å². The number of hydrogen-bond acceptors (Lipinski definition) is 6. The number of nitrogens with zero attached hydrogens (tertiary/aromatic N) is 1. The monoisotopic (exact) mass is 538 g/mol. The largest absolute Gasteiger partial charge is 0.453 e. The van der Waals surface area contributed by atoms with E-state index in [4.69, 9.17) is 22.1 Å². The summed E-state index contributed by atoms with van der Waals surface area (Å²) in [6, 6.07) is 7.03. The summed E-state index contributed by atoms with van der Waals surface area (Å²) in [7, 11) is 1.32. The van der Waals surface area contributed by atoms with Crippen molar-refractivity contribution in [3.8, 4) is 0 Å². The smallest absolute Gasteiger partial charge is 0.406 e. The first kappa shape index (κ1) is 29.5. The van der Waals surface area contributed by atoms with E-state index in [1.54, 1.807) is 0 Å². The maximum Gasteiger partial charge on any atom is 0.406 e. The Kier molecular flexibility index (Phi) is 12.2. The maximum atomic E-state index is 13.3. The first-order valence-corrected chi connectivity index (χ1v) is 13.9. The molecule has 0 aromatic heterocycles. The highest BCUT2D eigenvalue weighted by atomic mass is 35.5. The molecule has 1 aliphatic carbocycles. The number of benzene rings is 1. The molecule has 4 atom stereocenters. The van der Waals surface area contributed by atoms with Crippen molar-refractivity contribution in [3.05, 3.63) is 34.9 Å². The number of halogens is 1. The fourth-order valence-electron chi connectivity index (χ4n) is 5.55. The zero-order chi connectivity index (χ0) is 26.6. The second-order valence-electron chi connectivity index (χ2n) is 10.2. The lowest BCUT2D eigenvalue weighted by atomic mass is 9.83. The molecule has 1 heterocycles. The zero-order valence-electron chi connectivity index (χ0n) is 21.9. The lowest BCUT2D eigenvalue weighted by Gasteiger charge is -2.38. The Morgan fingerprint density at radius 3 is 2.70 bits per heavy atom. The molecular weight excluding hydrogens is 496 g/mol. The molecule has 2 aliphatic rings. The van der Waals surface area contributed by atoms with E-state index in [1.807, 2.05) is 29.2 Å². The molecule has 1 saturated carbocycles. The van der Waals surface area contributed by atoms with E-state index in [1.165, 1.54) is 26.4 Å². The summed E-state index contributed by atoms with van der Waals surface area (Å²) >= 11 is 6.27. The molecule has 3 rings (SSSR count). The third kappa shape index (κ3) is 9.32. The van der Waals surface area contributed by atoms with Gasteiger partial charge < -0.3 is 35.8 Å². The van der Waals surface area contributed by atoms with Gasteiger partial charge in [-0.05, 0) is 42.9 Å². The van der Waals surface area contributed by atoms with Gasteiger partial charge in [0.25, 0.3) is 0 Å². The average Bonchev–Trinajstić information content (AvgIpc) is 2.92.